The Balaban J connectivity index is 1.56. The van der Waals surface area contributed by atoms with Crippen LogP contribution in [-0.2, 0) is 4.79 Å². The second-order valence-electron chi connectivity index (χ2n) is 5.65. The van der Waals surface area contributed by atoms with Crippen LogP contribution in [0.25, 0.3) is 0 Å². The summed E-state index contributed by atoms with van der Waals surface area (Å²) in [6, 6.07) is 15.0. The van der Waals surface area contributed by atoms with E-state index in [1.54, 1.807) is 0 Å². The highest BCUT2D eigenvalue weighted by atomic mass is 35.5. The Morgan fingerprint density at radius 1 is 1.26 bits per heavy atom. The van der Waals surface area contributed by atoms with Crippen LogP contribution in [0.3, 0.4) is 0 Å². The molecule has 3 rings (SSSR count). The summed E-state index contributed by atoms with van der Waals surface area (Å²) in [6.45, 7) is 0.958. The van der Waals surface area contributed by atoms with Gasteiger partial charge < -0.3 is 15.8 Å². The van der Waals surface area contributed by atoms with E-state index in [9.17, 15) is 4.79 Å². The number of nitrogens with two attached hydrogens (primary N) is 1. The Bertz CT molecular complexity index is 688. The predicted octanol–water partition coefficient (Wildman–Crippen LogP) is 3.42. The monoisotopic (exact) mass is 330 g/mol. The quantitative estimate of drug-likeness (QED) is 0.853. The molecule has 1 aliphatic rings. The first-order valence-electron chi connectivity index (χ1n) is 7.66. The number of halogens is 1. The fourth-order valence-electron chi connectivity index (χ4n) is 2.64. The number of rotatable bonds is 6. The topological polar surface area (TPSA) is 64.3 Å². The van der Waals surface area contributed by atoms with E-state index in [1.807, 2.05) is 48.5 Å². The van der Waals surface area contributed by atoms with Gasteiger partial charge >= 0.3 is 0 Å². The van der Waals surface area contributed by atoms with Gasteiger partial charge in [-0.25, -0.2) is 0 Å². The normalized spacial score (nSPS) is 19.2. The molecule has 1 saturated carbocycles. The summed E-state index contributed by atoms with van der Waals surface area (Å²) in [6.07, 6.45) is 0.865. The predicted molar refractivity (Wildman–Crippen MR) is 91.9 cm³/mol. The van der Waals surface area contributed by atoms with E-state index < -0.39 is 0 Å². The van der Waals surface area contributed by atoms with Gasteiger partial charge in [0.25, 0.3) is 0 Å². The van der Waals surface area contributed by atoms with Gasteiger partial charge in [-0.2, -0.15) is 0 Å². The third-order valence-electron chi connectivity index (χ3n) is 3.91. The van der Waals surface area contributed by atoms with Gasteiger partial charge in [-0.3, -0.25) is 4.79 Å². The van der Waals surface area contributed by atoms with Crippen molar-refractivity contribution in [3.05, 3.63) is 59.1 Å². The minimum Gasteiger partial charge on any atom is -0.492 e. The number of amides is 1. The summed E-state index contributed by atoms with van der Waals surface area (Å²) in [5, 5.41) is 3.66. The van der Waals surface area contributed by atoms with Crippen molar-refractivity contribution in [2.75, 3.05) is 18.5 Å². The molecule has 0 saturated heterocycles. The van der Waals surface area contributed by atoms with E-state index in [2.05, 4.69) is 5.32 Å². The van der Waals surface area contributed by atoms with Crippen LogP contribution in [0.2, 0.25) is 5.02 Å². The van der Waals surface area contributed by atoms with E-state index >= 15 is 0 Å². The smallest absolute Gasteiger partial charge is 0.228 e. The van der Waals surface area contributed by atoms with E-state index in [0.29, 0.717) is 18.2 Å². The second-order valence-corrected chi connectivity index (χ2v) is 6.09. The van der Waals surface area contributed by atoms with Crippen molar-refractivity contribution in [1.82, 2.24) is 0 Å². The van der Waals surface area contributed by atoms with Crippen LogP contribution in [0.5, 0.6) is 5.75 Å². The molecule has 1 aliphatic carbocycles. The third kappa shape index (κ3) is 4.03. The van der Waals surface area contributed by atoms with Crippen LogP contribution >= 0.6 is 11.6 Å². The largest absolute Gasteiger partial charge is 0.492 e. The number of hydrogen-bond donors (Lipinski definition) is 2. The molecule has 120 valence electrons. The highest BCUT2D eigenvalue weighted by molar-refractivity contribution is 6.30. The molecule has 0 aromatic heterocycles. The van der Waals surface area contributed by atoms with E-state index in [1.165, 1.54) is 0 Å². The Hall–Kier alpha value is -2.04. The standard InChI is InChI=1S/C18H19ClN2O2/c19-13-3-1-2-12(10-13)16-11-17(16)18(22)21-14-4-6-15(7-5-14)23-9-8-20/h1-7,10,16-17H,8-9,11,20H2,(H,21,22). The molecule has 3 N–H and O–H groups in total. The molecular weight excluding hydrogens is 312 g/mol. The minimum atomic E-state index is 0.0154. The molecule has 0 heterocycles. The zero-order valence-electron chi connectivity index (χ0n) is 12.7. The molecule has 4 nitrogen and oxygen atoms in total. The Labute approximate surface area is 140 Å². The summed E-state index contributed by atoms with van der Waals surface area (Å²) >= 11 is 6.00. The van der Waals surface area contributed by atoms with Crippen molar-refractivity contribution in [3.63, 3.8) is 0 Å². The van der Waals surface area contributed by atoms with Crippen LogP contribution in [0.4, 0.5) is 5.69 Å². The highest BCUT2D eigenvalue weighted by Crippen LogP contribution is 2.48. The van der Waals surface area contributed by atoms with E-state index in [4.69, 9.17) is 22.1 Å². The summed E-state index contributed by atoms with van der Waals surface area (Å²) in [7, 11) is 0. The van der Waals surface area contributed by atoms with Crippen molar-refractivity contribution < 1.29 is 9.53 Å². The lowest BCUT2D eigenvalue weighted by atomic mass is 10.1. The number of carbonyl (C=O) groups is 1. The van der Waals surface area contributed by atoms with Gasteiger partial charge in [-0.1, -0.05) is 23.7 Å². The lowest BCUT2D eigenvalue weighted by Gasteiger charge is -2.08. The van der Waals surface area contributed by atoms with Crippen molar-refractivity contribution in [1.29, 1.82) is 0 Å². The molecular formula is C18H19ClN2O2. The van der Waals surface area contributed by atoms with Gasteiger partial charge in [-0.05, 0) is 54.3 Å². The molecule has 2 aromatic rings. The van der Waals surface area contributed by atoms with Crippen LogP contribution in [0, 0.1) is 5.92 Å². The van der Waals surface area contributed by atoms with Crippen LogP contribution < -0.4 is 15.8 Å². The number of nitrogens with one attached hydrogen (secondary N) is 1. The van der Waals surface area contributed by atoms with Crippen molar-refractivity contribution in [3.8, 4) is 5.75 Å². The van der Waals surface area contributed by atoms with E-state index in [-0.39, 0.29) is 17.7 Å². The number of carbonyl (C=O) groups excluding carboxylic acids is 1. The minimum absolute atomic E-state index is 0.0154. The molecule has 2 atom stereocenters. The van der Waals surface area contributed by atoms with Gasteiger partial charge in [0, 0.05) is 23.2 Å². The summed E-state index contributed by atoms with van der Waals surface area (Å²) < 4.78 is 5.41. The zero-order valence-corrected chi connectivity index (χ0v) is 13.4. The van der Waals surface area contributed by atoms with Gasteiger partial charge in [0.15, 0.2) is 0 Å². The molecule has 1 fully saturated rings. The number of ether oxygens (including phenoxy) is 1. The molecule has 0 radical (unpaired) electrons. The molecule has 5 heteroatoms. The molecule has 1 amide bonds. The maximum atomic E-state index is 12.3. The van der Waals surface area contributed by atoms with Crippen molar-refractivity contribution in [2.45, 2.75) is 12.3 Å². The average Bonchev–Trinajstić information content (AvgIpc) is 3.35. The maximum absolute atomic E-state index is 12.3. The van der Waals surface area contributed by atoms with Crippen LogP contribution in [-0.4, -0.2) is 19.1 Å². The van der Waals surface area contributed by atoms with Gasteiger partial charge in [0.1, 0.15) is 12.4 Å². The SMILES string of the molecule is NCCOc1ccc(NC(=O)C2CC2c2cccc(Cl)c2)cc1. The molecule has 23 heavy (non-hydrogen) atoms. The second kappa shape index (κ2) is 7.02. The first-order valence-corrected chi connectivity index (χ1v) is 8.04. The Morgan fingerprint density at radius 3 is 2.74 bits per heavy atom. The lowest BCUT2D eigenvalue weighted by Crippen LogP contribution is -2.14. The maximum Gasteiger partial charge on any atom is 0.228 e. The molecule has 0 aliphatic heterocycles. The van der Waals surface area contributed by atoms with Crippen molar-refractivity contribution >= 4 is 23.2 Å². The summed E-state index contributed by atoms with van der Waals surface area (Å²) in [4.78, 5) is 12.3. The fourth-order valence-corrected chi connectivity index (χ4v) is 2.84. The number of anilines is 1. The Kier molecular flexibility index (Phi) is 4.84. The molecule has 0 spiro atoms. The first-order chi connectivity index (χ1) is 11.2. The summed E-state index contributed by atoms with van der Waals surface area (Å²) in [5.74, 6) is 1.07. The van der Waals surface area contributed by atoms with Gasteiger partial charge in [0.05, 0.1) is 0 Å². The van der Waals surface area contributed by atoms with Gasteiger partial charge in [-0.15, -0.1) is 0 Å². The molecule has 0 bridgehead atoms. The zero-order chi connectivity index (χ0) is 16.2. The van der Waals surface area contributed by atoms with Gasteiger partial charge in [0.2, 0.25) is 5.91 Å². The van der Waals surface area contributed by atoms with Crippen LogP contribution in [0.1, 0.15) is 17.9 Å². The van der Waals surface area contributed by atoms with Crippen LogP contribution in [0.15, 0.2) is 48.5 Å². The lowest BCUT2D eigenvalue weighted by molar-refractivity contribution is -0.117. The highest BCUT2D eigenvalue weighted by Gasteiger charge is 2.43. The number of hydrogen-bond acceptors (Lipinski definition) is 3. The van der Waals surface area contributed by atoms with Crippen molar-refractivity contribution in [2.24, 2.45) is 11.7 Å². The first kappa shape index (κ1) is 15.8. The van der Waals surface area contributed by atoms with E-state index in [0.717, 1.165) is 23.4 Å². The average molecular weight is 331 g/mol. The fraction of sp³-hybridized carbons (Fsp3) is 0.278. The third-order valence-corrected chi connectivity index (χ3v) is 4.15. The Morgan fingerprint density at radius 2 is 2.04 bits per heavy atom. The molecule has 2 unspecified atom stereocenters. The summed E-state index contributed by atoms with van der Waals surface area (Å²) in [5.41, 5.74) is 7.29. The molecule has 2 aromatic carbocycles. The number of benzene rings is 2.